The number of sulfone groups is 1. The Labute approximate surface area is 90.9 Å². The summed E-state index contributed by atoms with van der Waals surface area (Å²) >= 11 is 4.06. The van der Waals surface area contributed by atoms with E-state index in [4.69, 9.17) is 0 Å². The Bertz CT molecular complexity index is 329. The number of allylic oxidation sites excluding steroid dienone is 4. The predicted octanol–water partition coefficient (Wildman–Crippen LogP) is 1.13. The maximum Gasteiger partial charge on any atom is 0.165 e. The number of nitrogens with one attached hydrogen (secondary N) is 1. The van der Waals surface area contributed by atoms with Gasteiger partial charge in [-0.05, 0) is 6.08 Å². The molecule has 3 nitrogen and oxygen atoms in total. The van der Waals surface area contributed by atoms with E-state index >= 15 is 0 Å². The fourth-order valence-electron chi connectivity index (χ4n) is 0.642. The molecule has 0 aliphatic rings. The van der Waals surface area contributed by atoms with Crippen LogP contribution >= 0.6 is 12.6 Å². The largest absolute Gasteiger partial charge is 0.374 e. The molecule has 0 unspecified atom stereocenters. The molecule has 0 amide bonds. The van der Waals surface area contributed by atoms with Crippen LogP contribution in [0.4, 0.5) is 0 Å². The molecular formula is C9H15NO2S2. The minimum absolute atomic E-state index is 0.0681. The van der Waals surface area contributed by atoms with Crippen LogP contribution < -0.4 is 5.32 Å². The van der Waals surface area contributed by atoms with Crippen molar-refractivity contribution in [3.8, 4) is 0 Å². The van der Waals surface area contributed by atoms with Gasteiger partial charge in [-0.15, -0.1) is 0 Å². The van der Waals surface area contributed by atoms with Crippen LogP contribution in [0.3, 0.4) is 0 Å². The van der Waals surface area contributed by atoms with Crippen molar-refractivity contribution in [3.63, 3.8) is 0 Å². The van der Waals surface area contributed by atoms with Crippen LogP contribution in [0, 0.1) is 0 Å². The summed E-state index contributed by atoms with van der Waals surface area (Å²) in [5.74, 6) is 0.401. The summed E-state index contributed by atoms with van der Waals surface area (Å²) < 4.78 is 21.7. The topological polar surface area (TPSA) is 46.2 Å². The first-order chi connectivity index (χ1) is 6.49. The first-order valence-electron chi connectivity index (χ1n) is 4.00. The molecule has 0 fully saturated rings. The first-order valence-corrected chi connectivity index (χ1v) is 6.69. The monoisotopic (exact) mass is 233 g/mol. The summed E-state index contributed by atoms with van der Waals surface area (Å²) in [6.45, 7) is 3.52. The second-order valence-electron chi connectivity index (χ2n) is 2.72. The Morgan fingerprint density at radius 3 is 2.57 bits per heavy atom. The summed E-state index contributed by atoms with van der Waals surface area (Å²) in [5.41, 5.74) is 0.761. The zero-order chi connectivity index (χ0) is 11.0. The first kappa shape index (κ1) is 13.3. The molecule has 0 aromatic carbocycles. The predicted molar refractivity (Wildman–Crippen MR) is 64.1 cm³/mol. The van der Waals surface area contributed by atoms with Gasteiger partial charge in [-0.3, -0.25) is 0 Å². The van der Waals surface area contributed by atoms with Gasteiger partial charge < -0.3 is 5.32 Å². The smallest absolute Gasteiger partial charge is 0.165 e. The Morgan fingerprint density at radius 2 is 2.14 bits per heavy atom. The average Bonchev–Trinajstić information content (AvgIpc) is 2.09. The van der Waals surface area contributed by atoms with Gasteiger partial charge in [0.05, 0.1) is 0 Å². The van der Waals surface area contributed by atoms with E-state index in [1.165, 1.54) is 6.26 Å². The molecule has 0 aromatic heterocycles. The van der Waals surface area contributed by atoms with Gasteiger partial charge in [-0.1, -0.05) is 24.8 Å². The summed E-state index contributed by atoms with van der Waals surface area (Å²) in [4.78, 5) is 0. The van der Waals surface area contributed by atoms with Crippen LogP contribution in [0.5, 0.6) is 0 Å². The molecule has 0 atom stereocenters. The van der Waals surface area contributed by atoms with Gasteiger partial charge in [0.1, 0.15) is 5.88 Å². The third-order valence-corrected chi connectivity index (χ3v) is 2.29. The SMILES string of the molecule is C=C/C=C\C=C(/CS)NCS(C)(=O)=O. The summed E-state index contributed by atoms with van der Waals surface area (Å²) in [7, 11) is -2.99. The van der Waals surface area contributed by atoms with E-state index in [1.807, 2.05) is 0 Å². The lowest BCUT2D eigenvalue weighted by atomic mass is 10.4. The van der Waals surface area contributed by atoms with Crippen molar-refractivity contribution in [3.05, 3.63) is 36.6 Å². The van der Waals surface area contributed by atoms with Gasteiger partial charge in [0.25, 0.3) is 0 Å². The van der Waals surface area contributed by atoms with Crippen molar-refractivity contribution in [1.29, 1.82) is 0 Å². The van der Waals surface area contributed by atoms with Crippen LogP contribution in [0.15, 0.2) is 36.6 Å². The second-order valence-corrected chi connectivity index (χ2v) is 5.17. The number of hydrogen-bond donors (Lipinski definition) is 2. The molecule has 14 heavy (non-hydrogen) atoms. The molecule has 0 radical (unpaired) electrons. The molecule has 0 aliphatic carbocycles. The molecule has 5 heteroatoms. The highest BCUT2D eigenvalue weighted by molar-refractivity contribution is 7.90. The zero-order valence-corrected chi connectivity index (χ0v) is 9.81. The van der Waals surface area contributed by atoms with E-state index in [9.17, 15) is 8.42 Å². The molecule has 0 spiro atoms. The van der Waals surface area contributed by atoms with Crippen molar-refractivity contribution >= 4 is 22.5 Å². The number of rotatable bonds is 6. The molecule has 0 saturated heterocycles. The lowest BCUT2D eigenvalue weighted by Crippen LogP contribution is -2.22. The Hall–Kier alpha value is -0.680. The normalized spacial score (nSPS) is 13.1. The fraction of sp³-hybridized carbons (Fsp3) is 0.333. The van der Waals surface area contributed by atoms with E-state index < -0.39 is 9.84 Å². The van der Waals surface area contributed by atoms with Crippen LogP contribution in [-0.2, 0) is 9.84 Å². The highest BCUT2D eigenvalue weighted by Crippen LogP contribution is 1.94. The van der Waals surface area contributed by atoms with Gasteiger partial charge in [0, 0.05) is 17.7 Å². The van der Waals surface area contributed by atoms with E-state index in [1.54, 1.807) is 24.3 Å². The molecule has 80 valence electrons. The van der Waals surface area contributed by atoms with Gasteiger partial charge >= 0.3 is 0 Å². The maximum atomic E-state index is 10.8. The van der Waals surface area contributed by atoms with Crippen molar-refractivity contribution in [1.82, 2.24) is 5.32 Å². The minimum Gasteiger partial charge on any atom is -0.374 e. The second kappa shape index (κ2) is 6.73. The van der Waals surface area contributed by atoms with Crippen molar-refractivity contribution < 1.29 is 8.42 Å². The molecule has 0 aromatic rings. The molecule has 0 saturated carbocycles. The number of hydrogen-bond acceptors (Lipinski definition) is 4. The number of thiol groups is 1. The molecular weight excluding hydrogens is 218 g/mol. The van der Waals surface area contributed by atoms with Crippen molar-refractivity contribution in [2.75, 3.05) is 17.9 Å². The summed E-state index contributed by atoms with van der Waals surface area (Å²) in [5, 5.41) is 2.78. The van der Waals surface area contributed by atoms with E-state index in [2.05, 4.69) is 24.5 Å². The third-order valence-electron chi connectivity index (χ3n) is 1.28. The molecule has 0 heterocycles. The Morgan fingerprint density at radius 1 is 1.50 bits per heavy atom. The summed E-state index contributed by atoms with van der Waals surface area (Å²) in [6.07, 6.45) is 8.11. The molecule has 0 bridgehead atoms. The average molecular weight is 233 g/mol. The molecule has 1 N–H and O–H groups in total. The standard InChI is InChI=1S/C9H15NO2S2/c1-3-4-5-6-9(7-13)10-8-14(2,11)12/h3-6,10,13H,1,7-8H2,2H3/b5-4-,9-6+. The van der Waals surface area contributed by atoms with Crippen LogP contribution in [-0.4, -0.2) is 26.3 Å². The molecule has 0 rings (SSSR count). The zero-order valence-electron chi connectivity index (χ0n) is 8.10. The van der Waals surface area contributed by atoms with Gasteiger partial charge in [-0.25, -0.2) is 8.42 Å². The summed E-state index contributed by atoms with van der Waals surface area (Å²) in [6, 6.07) is 0. The highest BCUT2D eigenvalue weighted by Gasteiger charge is 2.01. The van der Waals surface area contributed by atoms with Crippen molar-refractivity contribution in [2.24, 2.45) is 0 Å². The van der Waals surface area contributed by atoms with Crippen LogP contribution in [0.25, 0.3) is 0 Å². The van der Waals surface area contributed by atoms with Crippen LogP contribution in [0.1, 0.15) is 0 Å². The van der Waals surface area contributed by atoms with Gasteiger partial charge in [0.15, 0.2) is 9.84 Å². The van der Waals surface area contributed by atoms with E-state index in [0.29, 0.717) is 5.75 Å². The fourth-order valence-corrected chi connectivity index (χ4v) is 1.31. The Balaban J connectivity index is 4.23. The highest BCUT2D eigenvalue weighted by atomic mass is 32.2. The van der Waals surface area contributed by atoms with E-state index in [-0.39, 0.29) is 5.88 Å². The third kappa shape index (κ3) is 7.94. The van der Waals surface area contributed by atoms with Gasteiger partial charge in [-0.2, -0.15) is 12.6 Å². The Kier molecular flexibility index (Phi) is 6.40. The van der Waals surface area contributed by atoms with Crippen LogP contribution in [0.2, 0.25) is 0 Å². The lowest BCUT2D eigenvalue weighted by molar-refractivity contribution is 0.597. The van der Waals surface area contributed by atoms with E-state index in [0.717, 1.165) is 5.70 Å². The quantitative estimate of drug-likeness (QED) is 0.534. The molecule has 0 aliphatic heterocycles. The lowest BCUT2D eigenvalue weighted by Gasteiger charge is -2.05. The van der Waals surface area contributed by atoms with Gasteiger partial charge in [0.2, 0.25) is 0 Å². The maximum absolute atomic E-state index is 10.8. The van der Waals surface area contributed by atoms with Crippen molar-refractivity contribution in [2.45, 2.75) is 0 Å². The minimum atomic E-state index is -2.99.